The van der Waals surface area contributed by atoms with Crippen molar-refractivity contribution in [2.45, 2.75) is 24.9 Å². The predicted octanol–water partition coefficient (Wildman–Crippen LogP) is 2.42. The van der Waals surface area contributed by atoms with Crippen molar-refractivity contribution in [3.8, 4) is 0 Å². The SMILES string of the molecule is Cc1nc(SCCCc2cccc(N)c2)n[nH]1. The number of aromatic nitrogens is 3. The van der Waals surface area contributed by atoms with Gasteiger partial charge in [0.05, 0.1) is 0 Å². The number of rotatable bonds is 5. The number of H-pyrrole nitrogens is 1. The Hall–Kier alpha value is -1.49. The highest BCUT2D eigenvalue weighted by molar-refractivity contribution is 7.99. The third-order valence-corrected chi connectivity index (χ3v) is 3.30. The van der Waals surface area contributed by atoms with E-state index >= 15 is 0 Å². The smallest absolute Gasteiger partial charge is 0.208 e. The zero-order valence-electron chi connectivity index (χ0n) is 9.81. The van der Waals surface area contributed by atoms with Gasteiger partial charge in [-0.15, -0.1) is 5.10 Å². The monoisotopic (exact) mass is 248 g/mol. The Morgan fingerprint density at radius 2 is 2.29 bits per heavy atom. The molecule has 0 amide bonds. The minimum absolute atomic E-state index is 0.829. The molecule has 0 spiro atoms. The molecule has 2 rings (SSSR count). The van der Waals surface area contributed by atoms with Gasteiger partial charge in [-0.1, -0.05) is 23.9 Å². The molecule has 90 valence electrons. The molecule has 0 radical (unpaired) electrons. The van der Waals surface area contributed by atoms with Crippen molar-refractivity contribution in [3.05, 3.63) is 35.7 Å². The van der Waals surface area contributed by atoms with E-state index in [1.54, 1.807) is 11.8 Å². The third kappa shape index (κ3) is 3.78. The zero-order chi connectivity index (χ0) is 12.1. The van der Waals surface area contributed by atoms with Gasteiger partial charge in [0.1, 0.15) is 5.82 Å². The maximum Gasteiger partial charge on any atom is 0.208 e. The molecule has 4 nitrogen and oxygen atoms in total. The average Bonchev–Trinajstić information content (AvgIpc) is 2.71. The predicted molar refractivity (Wildman–Crippen MR) is 71.0 cm³/mol. The van der Waals surface area contributed by atoms with Crippen molar-refractivity contribution in [2.24, 2.45) is 0 Å². The van der Waals surface area contributed by atoms with Crippen LogP contribution in [0, 0.1) is 6.92 Å². The summed E-state index contributed by atoms with van der Waals surface area (Å²) in [5.41, 5.74) is 7.85. The summed E-state index contributed by atoms with van der Waals surface area (Å²) in [6, 6.07) is 8.05. The second-order valence-electron chi connectivity index (χ2n) is 3.90. The first-order valence-electron chi connectivity index (χ1n) is 5.60. The quantitative estimate of drug-likeness (QED) is 0.484. The lowest BCUT2D eigenvalue weighted by atomic mass is 10.1. The molecule has 0 aliphatic heterocycles. The molecule has 5 heteroatoms. The molecule has 0 saturated heterocycles. The first-order chi connectivity index (χ1) is 8.24. The summed E-state index contributed by atoms with van der Waals surface area (Å²) in [5, 5.41) is 7.75. The van der Waals surface area contributed by atoms with Gasteiger partial charge in [0.2, 0.25) is 5.16 Å². The van der Waals surface area contributed by atoms with Crippen molar-refractivity contribution in [1.82, 2.24) is 15.2 Å². The first kappa shape index (κ1) is 12.0. The summed E-state index contributed by atoms with van der Waals surface area (Å²) in [6.45, 7) is 1.91. The van der Waals surface area contributed by atoms with Crippen LogP contribution in [0.2, 0.25) is 0 Å². The Morgan fingerprint density at radius 3 is 3.00 bits per heavy atom. The molecule has 0 unspecified atom stereocenters. The summed E-state index contributed by atoms with van der Waals surface area (Å²) in [7, 11) is 0. The van der Waals surface area contributed by atoms with Crippen molar-refractivity contribution in [1.29, 1.82) is 0 Å². The van der Waals surface area contributed by atoms with E-state index in [-0.39, 0.29) is 0 Å². The molecular weight excluding hydrogens is 232 g/mol. The van der Waals surface area contributed by atoms with E-state index in [1.165, 1.54) is 5.56 Å². The van der Waals surface area contributed by atoms with E-state index in [4.69, 9.17) is 5.73 Å². The molecule has 1 heterocycles. The van der Waals surface area contributed by atoms with Crippen molar-refractivity contribution in [3.63, 3.8) is 0 Å². The number of benzene rings is 1. The molecule has 2 aromatic rings. The Bertz CT molecular complexity index is 481. The number of nitrogens with two attached hydrogens (primary N) is 1. The van der Waals surface area contributed by atoms with E-state index in [1.807, 2.05) is 25.1 Å². The molecule has 1 aromatic heterocycles. The Balaban J connectivity index is 1.73. The van der Waals surface area contributed by atoms with Crippen LogP contribution in [0.5, 0.6) is 0 Å². The fourth-order valence-electron chi connectivity index (χ4n) is 1.58. The van der Waals surface area contributed by atoms with Crippen LogP contribution in [-0.2, 0) is 6.42 Å². The van der Waals surface area contributed by atoms with E-state index in [2.05, 4.69) is 21.2 Å². The molecule has 0 saturated carbocycles. The van der Waals surface area contributed by atoms with Gasteiger partial charge >= 0.3 is 0 Å². The normalized spacial score (nSPS) is 10.6. The third-order valence-electron chi connectivity index (χ3n) is 2.37. The average molecular weight is 248 g/mol. The summed E-state index contributed by atoms with van der Waals surface area (Å²) in [4.78, 5) is 4.25. The number of nitrogens with one attached hydrogen (secondary N) is 1. The van der Waals surface area contributed by atoms with Gasteiger partial charge < -0.3 is 5.73 Å². The highest BCUT2D eigenvalue weighted by Crippen LogP contribution is 2.15. The second kappa shape index (κ2) is 5.72. The van der Waals surface area contributed by atoms with Gasteiger partial charge in [0.25, 0.3) is 0 Å². The number of aryl methyl sites for hydroxylation is 2. The number of aromatic amines is 1. The molecule has 3 N–H and O–H groups in total. The van der Waals surface area contributed by atoms with Crippen LogP contribution in [0.1, 0.15) is 17.8 Å². The molecule has 0 atom stereocenters. The Kier molecular flexibility index (Phi) is 4.03. The summed E-state index contributed by atoms with van der Waals surface area (Å²) in [5.74, 6) is 1.88. The van der Waals surface area contributed by atoms with Crippen molar-refractivity contribution >= 4 is 17.4 Å². The molecule has 0 fully saturated rings. The van der Waals surface area contributed by atoms with Gasteiger partial charge in [-0.05, 0) is 37.5 Å². The van der Waals surface area contributed by atoms with Gasteiger partial charge in [-0.2, -0.15) is 0 Å². The van der Waals surface area contributed by atoms with Gasteiger partial charge in [0.15, 0.2) is 0 Å². The standard InChI is InChI=1S/C12H16N4S/c1-9-14-12(16-15-9)17-7-3-5-10-4-2-6-11(13)8-10/h2,4,6,8H,3,5,7,13H2,1H3,(H,14,15,16). The van der Waals surface area contributed by atoms with Gasteiger partial charge in [-0.3, -0.25) is 5.10 Å². The van der Waals surface area contributed by atoms with Gasteiger partial charge in [-0.25, -0.2) is 4.98 Å². The number of nitrogens with zero attached hydrogens (tertiary/aromatic N) is 2. The van der Waals surface area contributed by atoms with E-state index in [9.17, 15) is 0 Å². The number of hydrogen-bond acceptors (Lipinski definition) is 4. The van der Waals surface area contributed by atoms with Crippen LogP contribution in [0.25, 0.3) is 0 Å². The fourth-order valence-corrected chi connectivity index (χ4v) is 2.36. The van der Waals surface area contributed by atoms with Crippen LogP contribution in [0.15, 0.2) is 29.4 Å². The Labute approximate surface area is 105 Å². The van der Waals surface area contributed by atoms with Crippen molar-refractivity contribution in [2.75, 3.05) is 11.5 Å². The van der Waals surface area contributed by atoms with E-state index in [0.717, 1.165) is 35.3 Å². The van der Waals surface area contributed by atoms with Gasteiger partial charge in [0, 0.05) is 11.4 Å². The minimum Gasteiger partial charge on any atom is -0.399 e. The fraction of sp³-hybridized carbons (Fsp3) is 0.333. The van der Waals surface area contributed by atoms with Crippen LogP contribution in [0.4, 0.5) is 5.69 Å². The highest BCUT2D eigenvalue weighted by atomic mass is 32.2. The summed E-state index contributed by atoms with van der Waals surface area (Å²) < 4.78 is 0. The zero-order valence-corrected chi connectivity index (χ0v) is 10.6. The van der Waals surface area contributed by atoms with Crippen LogP contribution >= 0.6 is 11.8 Å². The number of anilines is 1. The second-order valence-corrected chi connectivity index (χ2v) is 4.96. The Morgan fingerprint density at radius 1 is 1.41 bits per heavy atom. The highest BCUT2D eigenvalue weighted by Gasteiger charge is 2.00. The summed E-state index contributed by atoms with van der Waals surface area (Å²) in [6.07, 6.45) is 2.14. The molecular formula is C12H16N4S. The first-order valence-corrected chi connectivity index (χ1v) is 6.59. The van der Waals surface area contributed by atoms with Crippen LogP contribution in [-0.4, -0.2) is 20.9 Å². The molecule has 1 aromatic carbocycles. The largest absolute Gasteiger partial charge is 0.399 e. The number of thioether (sulfide) groups is 1. The van der Waals surface area contributed by atoms with E-state index < -0.39 is 0 Å². The minimum atomic E-state index is 0.829. The lowest BCUT2D eigenvalue weighted by Gasteiger charge is -2.01. The lowest BCUT2D eigenvalue weighted by molar-refractivity contribution is 0.921. The number of nitrogen functional groups attached to an aromatic ring is 1. The lowest BCUT2D eigenvalue weighted by Crippen LogP contribution is -1.91. The maximum absolute atomic E-state index is 5.73. The van der Waals surface area contributed by atoms with Crippen molar-refractivity contribution < 1.29 is 0 Å². The molecule has 0 aliphatic carbocycles. The van der Waals surface area contributed by atoms with Crippen LogP contribution in [0.3, 0.4) is 0 Å². The molecule has 0 bridgehead atoms. The summed E-state index contributed by atoms with van der Waals surface area (Å²) >= 11 is 1.68. The number of hydrogen-bond donors (Lipinski definition) is 2. The maximum atomic E-state index is 5.73. The molecule has 0 aliphatic rings. The van der Waals surface area contributed by atoms with Crippen LogP contribution < -0.4 is 5.73 Å². The topological polar surface area (TPSA) is 67.6 Å². The van der Waals surface area contributed by atoms with E-state index in [0.29, 0.717) is 0 Å². The molecule has 17 heavy (non-hydrogen) atoms.